The van der Waals surface area contributed by atoms with E-state index >= 15 is 4.79 Å². The fourth-order valence-electron chi connectivity index (χ4n) is 6.14. The molecule has 0 spiro atoms. The average Bonchev–Trinajstić information content (AvgIpc) is 3.46. The van der Waals surface area contributed by atoms with Crippen molar-refractivity contribution in [2.75, 3.05) is 7.11 Å². The molecule has 5 aromatic carbocycles. The highest BCUT2D eigenvalue weighted by Crippen LogP contribution is 2.51. The van der Waals surface area contributed by atoms with Crippen LogP contribution < -0.4 is 15.9 Å². The first-order valence-electron chi connectivity index (χ1n) is 16.1. The minimum absolute atomic E-state index is 0.00810. The van der Waals surface area contributed by atoms with E-state index in [0.717, 1.165) is 25.8 Å². The lowest BCUT2D eigenvalue weighted by Gasteiger charge is -2.31. The van der Waals surface area contributed by atoms with Gasteiger partial charge in [-0.15, -0.1) is 0 Å². The molecule has 0 unspecified atom stereocenters. The molecule has 1 heterocycles. The summed E-state index contributed by atoms with van der Waals surface area (Å²) in [4.78, 5) is 38.9. The molecule has 0 radical (unpaired) electrons. The van der Waals surface area contributed by atoms with Crippen molar-refractivity contribution < 1.29 is 27.7 Å². The van der Waals surface area contributed by atoms with Gasteiger partial charge < -0.3 is 4.74 Å². The highest BCUT2D eigenvalue weighted by atomic mass is 32.2. The van der Waals surface area contributed by atoms with Crippen LogP contribution in [0.5, 0.6) is 0 Å². The molecule has 1 aliphatic heterocycles. The highest BCUT2D eigenvalue weighted by Gasteiger charge is 2.47. The number of hydrogen-bond acceptors (Lipinski definition) is 7. The number of ether oxygens (including phenoxy) is 1. The highest BCUT2D eigenvalue weighted by molar-refractivity contribution is 7.97. The van der Waals surface area contributed by atoms with Crippen LogP contribution >= 0.6 is 6.89 Å². The van der Waals surface area contributed by atoms with Gasteiger partial charge in [0.1, 0.15) is 0 Å². The fourth-order valence-corrected chi connectivity index (χ4v) is 12.1. The maximum atomic E-state index is 15.5. The molecule has 6 rings (SSSR count). The summed E-state index contributed by atoms with van der Waals surface area (Å²) in [5, 5.41) is 13.9. The molecule has 1 aliphatic rings. The Bertz CT molecular complexity index is 2300. The summed E-state index contributed by atoms with van der Waals surface area (Å²) in [5.41, 5.74) is 1.42. The molecule has 0 aliphatic carbocycles. The Kier molecular flexibility index (Phi) is 10.3. The summed E-state index contributed by atoms with van der Waals surface area (Å²) in [6.07, 6.45) is 5.67. The van der Waals surface area contributed by atoms with Crippen LogP contribution in [0.25, 0.3) is 6.08 Å². The van der Waals surface area contributed by atoms with Gasteiger partial charge >= 0.3 is 5.97 Å². The van der Waals surface area contributed by atoms with E-state index < -0.39 is 33.7 Å². The molecule has 11 heteroatoms. The predicted octanol–water partition coefficient (Wildman–Crippen LogP) is 6.30. The van der Waals surface area contributed by atoms with Gasteiger partial charge in [-0.1, -0.05) is 115 Å². The standard InChI is InChI=1S/C41H33N2O7PS/c1-30-18-25-36(26-19-30)52(48,49)42-38(28-22-31-20-23-32(24-21-31)43(46)47)37(27-29-39(44)50-2)40(41(42)45)51(33-12-6-3-7-13-33,34-14-8-4-9-15-34)35-16-10-5-11-17-35/h3-29H,1-2H3/b28-22+,29-27+. The zero-order chi connectivity index (χ0) is 36.9. The van der Waals surface area contributed by atoms with E-state index in [0.29, 0.717) is 5.56 Å². The molecule has 0 saturated heterocycles. The predicted molar refractivity (Wildman–Crippen MR) is 206 cm³/mol. The molecular weight excluding hydrogens is 695 g/mol. The second-order valence-corrected chi connectivity index (χ2v) is 16.9. The van der Waals surface area contributed by atoms with E-state index in [1.165, 1.54) is 61.7 Å². The minimum Gasteiger partial charge on any atom is -0.466 e. The number of carbonyl (C=O) groups excluding carboxylic acids is 2. The van der Waals surface area contributed by atoms with Crippen molar-refractivity contribution >= 4 is 61.8 Å². The van der Waals surface area contributed by atoms with Crippen molar-refractivity contribution in [3.8, 4) is 0 Å². The van der Waals surface area contributed by atoms with Crippen LogP contribution in [0, 0.1) is 17.0 Å². The first kappa shape index (κ1) is 35.7. The van der Waals surface area contributed by atoms with Gasteiger partial charge in [0.15, 0.2) is 0 Å². The van der Waals surface area contributed by atoms with E-state index in [4.69, 9.17) is 4.74 Å². The van der Waals surface area contributed by atoms with E-state index in [-0.39, 0.29) is 27.1 Å². The van der Waals surface area contributed by atoms with Crippen LogP contribution in [-0.2, 0) is 24.3 Å². The zero-order valence-electron chi connectivity index (χ0n) is 28.2. The van der Waals surface area contributed by atoms with Crippen LogP contribution in [0.2, 0.25) is 0 Å². The van der Waals surface area contributed by atoms with E-state index in [9.17, 15) is 23.3 Å². The Balaban J connectivity index is 1.81. The molecule has 0 saturated carbocycles. The number of allylic oxidation sites excluding steroid dienone is 2. The molecule has 260 valence electrons. The lowest BCUT2D eigenvalue weighted by molar-refractivity contribution is -0.384. The van der Waals surface area contributed by atoms with E-state index in [2.05, 4.69) is 0 Å². The smallest absolute Gasteiger partial charge is 0.330 e. The monoisotopic (exact) mass is 728 g/mol. The molecule has 0 N–H and O–H groups in total. The molecule has 9 nitrogen and oxygen atoms in total. The second kappa shape index (κ2) is 15.0. The third-order valence-electron chi connectivity index (χ3n) is 8.59. The fraction of sp³-hybridized carbons (Fsp3) is 0.0488. The number of non-ortho nitro benzene ring substituents is 1. The zero-order valence-corrected chi connectivity index (χ0v) is 29.9. The van der Waals surface area contributed by atoms with Gasteiger partial charge in [-0.25, -0.2) is 13.2 Å². The van der Waals surface area contributed by atoms with Crippen LogP contribution in [0.15, 0.2) is 174 Å². The van der Waals surface area contributed by atoms with Crippen LogP contribution in [-0.4, -0.2) is 41.9 Å². The Hall–Kier alpha value is -6.09. The first-order valence-corrected chi connectivity index (χ1v) is 19.3. The number of rotatable bonds is 10. The van der Waals surface area contributed by atoms with Gasteiger partial charge in [-0.2, -0.15) is 4.31 Å². The molecule has 52 heavy (non-hydrogen) atoms. The summed E-state index contributed by atoms with van der Waals surface area (Å²) in [6.45, 7) is -1.42. The molecule has 0 bridgehead atoms. The number of nitrogens with zero attached hydrogens (tertiary/aromatic N) is 2. The van der Waals surface area contributed by atoms with Crippen molar-refractivity contribution in [2.45, 2.75) is 11.8 Å². The Morgan fingerprint density at radius 3 is 1.69 bits per heavy atom. The molecule has 0 aromatic heterocycles. The third-order valence-corrected chi connectivity index (χ3v) is 14.6. The number of amides is 1. The number of carbonyl (C=O) groups is 2. The third kappa shape index (κ3) is 6.69. The van der Waals surface area contributed by atoms with Gasteiger partial charge in [0, 0.05) is 23.8 Å². The SMILES string of the molecule is COC(=O)/C=C/C1=C(/C=C/c2ccc([N+](=O)[O-])cc2)N(S(=O)(=O)c2ccc(C)cc2)C(=O)C1=P(c1ccccc1)(c1ccccc1)c1ccccc1. The average molecular weight is 729 g/mol. The van der Waals surface area contributed by atoms with Crippen LogP contribution in [0.1, 0.15) is 11.1 Å². The van der Waals surface area contributed by atoms with Crippen molar-refractivity contribution in [3.05, 3.63) is 190 Å². The number of nitro benzene ring substituents is 1. The normalized spacial score (nSPS) is 13.7. The Morgan fingerprint density at radius 1 is 0.731 bits per heavy atom. The minimum atomic E-state index is -4.56. The number of hydrogen-bond donors (Lipinski definition) is 0. The topological polar surface area (TPSA) is 124 Å². The number of aryl methyl sites for hydroxylation is 1. The largest absolute Gasteiger partial charge is 0.466 e. The number of sulfonamides is 1. The van der Waals surface area contributed by atoms with E-state index in [1.807, 2.05) is 97.9 Å². The number of methoxy groups -OCH3 is 1. The lowest BCUT2D eigenvalue weighted by atomic mass is 10.1. The Morgan fingerprint density at radius 2 is 1.23 bits per heavy atom. The van der Waals surface area contributed by atoms with E-state index in [1.54, 1.807) is 18.2 Å². The van der Waals surface area contributed by atoms with Crippen molar-refractivity contribution in [1.82, 2.24) is 4.31 Å². The van der Waals surface area contributed by atoms with Gasteiger partial charge in [0.05, 0.1) is 27.9 Å². The summed E-state index contributed by atoms with van der Waals surface area (Å²) in [7, 11) is -3.33. The molecule has 1 amide bonds. The second-order valence-electron chi connectivity index (χ2n) is 11.8. The van der Waals surface area contributed by atoms with Gasteiger partial charge in [0.2, 0.25) is 0 Å². The summed E-state index contributed by atoms with van der Waals surface area (Å²) >= 11 is 0. The maximum absolute atomic E-state index is 15.5. The lowest BCUT2D eigenvalue weighted by Crippen LogP contribution is -2.38. The van der Waals surface area contributed by atoms with Gasteiger partial charge in [-0.05, 0) is 71.7 Å². The molecule has 0 fully saturated rings. The number of benzene rings is 5. The number of nitro groups is 1. The van der Waals surface area contributed by atoms with Gasteiger partial charge in [-0.3, -0.25) is 14.9 Å². The molecule has 5 aromatic rings. The van der Waals surface area contributed by atoms with Crippen molar-refractivity contribution in [2.24, 2.45) is 0 Å². The van der Waals surface area contributed by atoms with Crippen molar-refractivity contribution in [1.29, 1.82) is 0 Å². The molecular formula is C41H33N2O7PS. The quantitative estimate of drug-likeness (QED) is 0.0544. The number of esters is 1. The summed E-state index contributed by atoms with van der Waals surface area (Å²) in [5.74, 6) is -1.49. The molecule has 0 atom stereocenters. The first-order chi connectivity index (χ1) is 25.1. The summed E-state index contributed by atoms with van der Waals surface area (Å²) in [6, 6.07) is 40.4. The van der Waals surface area contributed by atoms with Crippen LogP contribution in [0.3, 0.4) is 0 Å². The van der Waals surface area contributed by atoms with Crippen molar-refractivity contribution in [3.63, 3.8) is 0 Å². The maximum Gasteiger partial charge on any atom is 0.330 e. The summed E-state index contributed by atoms with van der Waals surface area (Å²) < 4.78 is 35.3. The van der Waals surface area contributed by atoms with Crippen LogP contribution in [0.4, 0.5) is 5.69 Å². The Labute approximate surface area is 302 Å². The van der Waals surface area contributed by atoms with Gasteiger partial charge in [0.25, 0.3) is 21.6 Å².